The van der Waals surface area contributed by atoms with Gasteiger partial charge in [-0.1, -0.05) is 74.2 Å². The summed E-state index contributed by atoms with van der Waals surface area (Å²) in [7, 11) is 0. The van der Waals surface area contributed by atoms with Gasteiger partial charge in [-0.25, -0.2) is 4.98 Å². The van der Waals surface area contributed by atoms with Crippen molar-refractivity contribution in [3.05, 3.63) is 80.6 Å². The smallest absolute Gasteiger partial charge is 0.267 e. The van der Waals surface area contributed by atoms with Gasteiger partial charge in [-0.15, -0.1) is 0 Å². The van der Waals surface area contributed by atoms with Crippen molar-refractivity contribution in [1.82, 2.24) is 14.3 Å². The Kier molecular flexibility index (Phi) is 6.74. The maximum absolute atomic E-state index is 13.8. The van der Waals surface area contributed by atoms with E-state index in [1.165, 1.54) is 11.8 Å². The Morgan fingerprint density at radius 1 is 1.08 bits per heavy atom. The second kappa shape index (κ2) is 9.82. The van der Waals surface area contributed by atoms with Crippen molar-refractivity contribution < 1.29 is 4.79 Å². The lowest BCUT2D eigenvalue weighted by atomic mass is 9.91. The van der Waals surface area contributed by atoms with E-state index in [-0.39, 0.29) is 17.5 Å². The minimum Gasteiger partial charge on any atom is -0.355 e. The molecule has 0 unspecified atom stereocenters. The number of hydrogen-bond acceptors (Lipinski definition) is 6. The molecule has 4 heterocycles. The zero-order valence-electron chi connectivity index (χ0n) is 21.0. The van der Waals surface area contributed by atoms with Crippen LogP contribution in [0.2, 0.25) is 0 Å². The van der Waals surface area contributed by atoms with Crippen LogP contribution in [-0.4, -0.2) is 37.6 Å². The minimum absolute atomic E-state index is 0.175. The molecule has 0 radical (unpaired) electrons. The van der Waals surface area contributed by atoms with E-state index < -0.39 is 0 Å². The lowest BCUT2D eigenvalue weighted by molar-refractivity contribution is -0.123. The average Bonchev–Trinajstić information content (AvgIpc) is 3.13. The highest BCUT2D eigenvalue weighted by Crippen LogP contribution is 2.39. The van der Waals surface area contributed by atoms with E-state index in [2.05, 4.69) is 18.7 Å². The van der Waals surface area contributed by atoms with Crippen LogP contribution in [0.5, 0.6) is 0 Å². The van der Waals surface area contributed by atoms with E-state index in [1.54, 1.807) is 21.6 Å². The molecule has 8 heteroatoms. The number of nitrogens with zero attached hydrogens (tertiary/aromatic N) is 4. The Bertz CT molecular complexity index is 1420. The van der Waals surface area contributed by atoms with Crippen molar-refractivity contribution in [3.63, 3.8) is 0 Å². The van der Waals surface area contributed by atoms with Gasteiger partial charge >= 0.3 is 0 Å². The molecule has 6 nitrogen and oxygen atoms in total. The molecule has 1 amide bonds. The highest BCUT2D eigenvalue weighted by Gasteiger charge is 2.37. The van der Waals surface area contributed by atoms with Crippen molar-refractivity contribution in [1.29, 1.82) is 0 Å². The molecule has 2 aromatic heterocycles. The second-order valence-electron chi connectivity index (χ2n) is 10.0. The number of aromatic nitrogens is 2. The number of rotatable bonds is 4. The maximum atomic E-state index is 13.8. The predicted octanol–water partition coefficient (Wildman–Crippen LogP) is 5.45. The predicted molar refractivity (Wildman–Crippen MR) is 151 cm³/mol. The van der Waals surface area contributed by atoms with Crippen LogP contribution in [0.3, 0.4) is 0 Å². The van der Waals surface area contributed by atoms with Gasteiger partial charge in [0.25, 0.3) is 11.5 Å². The third kappa shape index (κ3) is 4.48. The second-order valence-corrected chi connectivity index (χ2v) is 11.7. The van der Waals surface area contributed by atoms with E-state index in [9.17, 15) is 9.59 Å². The van der Waals surface area contributed by atoms with E-state index in [0.29, 0.717) is 38.1 Å². The van der Waals surface area contributed by atoms with Gasteiger partial charge in [-0.2, -0.15) is 0 Å². The number of piperidine rings is 1. The topological polar surface area (TPSA) is 57.9 Å². The first-order valence-electron chi connectivity index (χ1n) is 12.3. The first-order chi connectivity index (χ1) is 17.2. The van der Waals surface area contributed by atoms with Crippen LogP contribution in [0.4, 0.5) is 5.82 Å². The van der Waals surface area contributed by atoms with Gasteiger partial charge in [0.15, 0.2) is 0 Å². The van der Waals surface area contributed by atoms with Gasteiger partial charge in [-0.05, 0) is 55.4 Å². The number of amides is 1. The van der Waals surface area contributed by atoms with Crippen LogP contribution in [0.1, 0.15) is 49.9 Å². The number of fused-ring (bicyclic) bond motifs is 1. The molecule has 2 saturated heterocycles. The van der Waals surface area contributed by atoms with Crippen LogP contribution in [0, 0.1) is 18.8 Å². The summed E-state index contributed by atoms with van der Waals surface area (Å²) in [6.45, 7) is 10.1. The third-order valence-corrected chi connectivity index (χ3v) is 8.33. The first-order valence-corrected chi connectivity index (χ1v) is 13.6. The normalized spacial score (nSPS) is 22.6. The summed E-state index contributed by atoms with van der Waals surface area (Å²) in [4.78, 5) is 36.7. The molecule has 3 aromatic rings. The lowest BCUT2D eigenvalue weighted by Gasteiger charge is -2.36. The number of pyridine rings is 1. The minimum atomic E-state index is -0.202. The molecule has 1 aromatic carbocycles. The van der Waals surface area contributed by atoms with Crippen molar-refractivity contribution in [3.8, 4) is 0 Å². The number of aryl methyl sites for hydroxylation is 1. The summed E-state index contributed by atoms with van der Waals surface area (Å²) in [6, 6.07) is 13.4. The molecule has 0 aliphatic carbocycles. The molecular weight excluding hydrogens is 488 g/mol. The van der Waals surface area contributed by atoms with Crippen molar-refractivity contribution in [2.45, 2.75) is 40.2 Å². The number of thioether (sulfide) groups is 1. The van der Waals surface area contributed by atoms with Gasteiger partial charge < -0.3 is 4.90 Å². The standard InChI is InChI=1S/C28H30N4O2S2/c1-17-13-18(2)16-30(15-17)25-22(26(33)31-12-8-9-19(3)24(31)29-25)14-23-27(34)32(28(35)36-23)20(4)21-10-6-5-7-11-21/h5-12,14,17-18,20H,13,15-16H2,1-4H3/b23-14-/t17-,18-,20+/m0/s1. The van der Waals surface area contributed by atoms with Gasteiger partial charge in [0.05, 0.1) is 16.5 Å². The van der Waals surface area contributed by atoms with E-state index in [1.807, 2.05) is 56.3 Å². The van der Waals surface area contributed by atoms with Crippen molar-refractivity contribution in [2.75, 3.05) is 18.0 Å². The molecule has 36 heavy (non-hydrogen) atoms. The van der Waals surface area contributed by atoms with E-state index >= 15 is 0 Å². The quantitative estimate of drug-likeness (QED) is 0.338. The molecule has 2 aliphatic rings. The number of anilines is 1. The van der Waals surface area contributed by atoms with Gasteiger partial charge in [-0.3, -0.25) is 18.9 Å². The Hall–Kier alpha value is -2.97. The third-order valence-electron chi connectivity index (χ3n) is 7.00. The van der Waals surface area contributed by atoms with Crippen LogP contribution in [0.25, 0.3) is 11.7 Å². The Morgan fingerprint density at radius 2 is 1.78 bits per heavy atom. The summed E-state index contributed by atoms with van der Waals surface area (Å²) in [5.41, 5.74) is 2.85. The molecule has 2 fully saturated rings. The number of hydrogen-bond donors (Lipinski definition) is 0. The molecule has 0 bridgehead atoms. The number of benzene rings is 1. The summed E-state index contributed by atoms with van der Waals surface area (Å²) < 4.78 is 2.07. The monoisotopic (exact) mass is 518 g/mol. The zero-order chi connectivity index (χ0) is 25.6. The largest absolute Gasteiger partial charge is 0.355 e. The van der Waals surface area contributed by atoms with Crippen molar-refractivity contribution >= 4 is 51.7 Å². The molecule has 2 aliphatic heterocycles. The summed E-state index contributed by atoms with van der Waals surface area (Å²) in [5.74, 6) is 1.45. The maximum Gasteiger partial charge on any atom is 0.267 e. The van der Waals surface area contributed by atoms with Crippen LogP contribution in [-0.2, 0) is 4.79 Å². The van der Waals surface area contributed by atoms with Crippen LogP contribution < -0.4 is 10.5 Å². The Balaban J connectivity index is 1.62. The first kappa shape index (κ1) is 24.7. The molecule has 5 rings (SSSR count). The summed E-state index contributed by atoms with van der Waals surface area (Å²) in [6.07, 6.45) is 4.59. The van der Waals surface area contributed by atoms with Gasteiger partial charge in [0.1, 0.15) is 15.8 Å². The SMILES string of the molecule is Cc1cccn2c(=O)c(/C=C3\SC(=S)N([C@H](C)c4ccccc4)C3=O)c(N3C[C@@H](C)C[C@H](C)C3)nc12. The number of carbonyl (C=O) groups excluding carboxylic acids is 1. The summed E-state index contributed by atoms with van der Waals surface area (Å²) >= 11 is 6.87. The van der Waals surface area contributed by atoms with Gasteiger partial charge in [0.2, 0.25) is 0 Å². The number of thiocarbonyl (C=S) groups is 1. The zero-order valence-corrected chi connectivity index (χ0v) is 22.6. The fraction of sp³-hybridized carbons (Fsp3) is 0.357. The molecule has 0 N–H and O–H groups in total. The molecule has 186 valence electrons. The molecular formula is C28H30N4O2S2. The van der Waals surface area contributed by atoms with Crippen LogP contribution in [0.15, 0.2) is 58.4 Å². The van der Waals surface area contributed by atoms with E-state index in [4.69, 9.17) is 17.2 Å². The molecule has 0 spiro atoms. The summed E-state index contributed by atoms with van der Waals surface area (Å²) in [5, 5.41) is 0. The average molecular weight is 519 g/mol. The highest BCUT2D eigenvalue weighted by atomic mass is 32.2. The Morgan fingerprint density at radius 3 is 2.47 bits per heavy atom. The Labute approximate surface area is 221 Å². The molecule has 0 saturated carbocycles. The highest BCUT2D eigenvalue weighted by molar-refractivity contribution is 8.26. The fourth-order valence-electron chi connectivity index (χ4n) is 5.33. The fourth-order valence-corrected chi connectivity index (χ4v) is 6.73. The van der Waals surface area contributed by atoms with Crippen molar-refractivity contribution in [2.24, 2.45) is 11.8 Å². The molecule has 3 atom stereocenters. The lowest BCUT2D eigenvalue weighted by Crippen LogP contribution is -2.40. The van der Waals surface area contributed by atoms with Crippen LogP contribution >= 0.6 is 24.0 Å². The van der Waals surface area contributed by atoms with E-state index in [0.717, 1.165) is 30.6 Å². The number of carbonyl (C=O) groups is 1. The van der Waals surface area contributed by atoms with Gasteiger partial charge in [0, 0.05) is 19.3 Å².